The van der Waals surface area contributed by atoms with Crippen molar-refractivity contribution in [2.75, 3.05) is 13.1 Å². The number of piperidine rings is 1. The molecule has 15 heavy (non-hydrogen) atoms. The van der Waals surface area contributed by atoms with Gasteiger partial charge in [0.15, 0.2) is 0 Å². The maximum Gasteiger partial charge on any atom is 0.0695 e. The van der Waals surface area contributed by atoms with Gasteiger partial charge in [0, 0.05) is 6.04 Å². The maximum atomic E-state index is 10.0. The van der Waals surface area contributed by atoms with E-state index in [0.29, 0.717) is 6.04 Å². The molecule has 2 rings (SSSR count). The summed E-state index contributed by atoms with van der Waals surface area (Å²) in [7, 11) is 0. The van der Waals surface area contributed by atoms with Crippen molar-refractivity contribution >= 4 is 0 Å². The second-order valence-electron chi connectivity index (χ2n) is 5.31. The standard InChI is InChI=1S/C13H25NO/c1-2-11-7-9-14(10-8-11)12-5-3-4-6-13(12)15/h11-13,15H,2-10H2,1H3. The van der Waals surface area contributed by atoms with Gasteiger partial charge in [-0.25, -0.2) is 0 Å². The summed E-state index contributed by atoms with van der Waals surface area (Å²) in [5.74, 6) is 0.946. The summed E-state index contributed by atoms with van der Waals surface area (Å²) < 4.78 is 0. The van der Waals surface area contributed by atoms with Crippen LogP contribution in [0.5, 0.6) is 0 Å². The molecule has 1 aliphatic carbocycles. The lowest BCUT2D eigenvalue weighted by molar-refractivity contribution is 0.00379. The summed E-state index contributed by atoms with van der Waals surface area (Å²) in [6.45, 7) is 4.75. The molecular formula is C13H25NO. The lowest BCUT2D eigenvalue weighted by Crippen LogP contribution is -2.48. The van der Waals surface area contributed by atoms with Gasteiger partial charge in [-0.3, -0.25) is 4.90 Å². The van der Waals surface area contributed by atoms with E-state index < -0.39 is 0 Å². The Morgan fingerprint density at radius 1 is 1.07 bits per heavy atom. The van der Waals surface area contributed by atoms with Gasteiger partial charge in [-0.2, -0.15) is 0 Å². The van der Waals surface area contributed by atoms with Crippen LogP contribution < -0.4 is 0 Å². The quantitative estimate of drug-likeness (QED) is 0.758. The molecule has 0 radical (unpaired) electrons. The highest BCUT2D eigenvalue weighted by Gasteiger charge is 2.30. The fraction of sp³-hybridized carbons (Fsp3) is 1.00. The number of nitrogens with zero attached hydrogens (tertiary/aromatic N) is 1. The molecule has 2 nitrogen and oxygen atoms in total. The van der Waals surface area contributed by atoms with E-state index in [-0.39, 0.29) is 6.10 Å². The smallest absolute Gasteiger partial charge is 0.0695 e. The van der Waals surface area contributed by atoms with Crippen molar-refractivity contribution in [1.29, 1.82) is 0 Å². The van der Waals surface area contributed by atoms with Gasteiger partial charge in [0.25, 0.3) is 0 Å². The zero-order valence-electron chi connectivity index (χ0n) is 9.99. The summed E-state index contributed by atoms with van der Waals surface area (Å²) in [4.78, 5) is 2.55. The Balaban J connectivity index is 1.83. The Kier molecular flexibility index (Phi) is 4.04. The molecule has 1 N–H and O–H groups in total. The summed E-state index contributed by atoms with van der Waals surface area (Å²) >= 11 is 0. The molecule has 2 atom stereocenters. The fourth-order valence-electron chi connectivity index (χ4n) is 3.21. The van der Waals surface area contributed by atoms with E-state index >= 15 is 0 Å². The molecule has 1 saturated heterocycles. The first kappa shape index (κ1) is 11.4. The first-order valence-electron chi connectivity index (χ1n) is 6.73. The summed E-state index contributed by atoms with van der Waals surface area (Å²) in [5.41, 5.74) is 0. The third-order valence-electron chi connectivity index (χ3n) is 4.39. The monoisotopic (exact) mass is 211 g/mol. The van der Waals surface area contributed by atoms with E-state index in [1.165, 1.54) is 51.6 Å². The van der Waals surface area contributed by atoms with Crippen molar-refractivity contribution in [2.45, 2.75) is 64.0 Å². The number of hydrogen-bond acceptors (Lipinski definition) is 2. The van der Waals surface area contributed by atoms with Gasteiger partial charge in [0.1, 0.15) is 0 Å². The molecule has 0 aromatic heterocycles. The van der Waals surface area contributed by atoms with E-state index in [9.17, 15) is 5.11 Å². The van der Waals surface area contributed by atoms with Gasteiger partial charge in [0.05, 0.1) is 6.10 Å². The van der Waals surface area contributed by atoms with Crippen LogP contribution in [0.3, 0.4) is 0 Å². The van der Waals surface area contributed by atoms with Crippen molar-refractivity contribution in [1.82, 2.24) is 4.90 Å². The van der Waals surface area contributed by atoms with Crippen LogP contribution in [0, 0.1) is 5.92 Å². The van der Waals surface area contributed by atoms with Crippen molar-refractivity contribution in [3.8, 4) is 0 Å². The summed E-state index contributed by atoms with van der Waals surface area (Å²) in [6.07, 6.45) is 8.77. The highest BCUT2D eigenvalue weighted by molar-refractivity contribution is 4.85. The van der Waals surface area contributed by atoms with Crippen LogP contribution >= 0.6 is 0 Å². The van der Waals surface area contributed by atoms with Crippen LogP contribution in [0.1, 0.15) is 51.9 Å². The lowest BCUT2D eigenvalue weighted by Gasteiger charge is -2.41. The third-order valence-corrected chi connectivity index (χ3v) is 4.39. The zero-order chi connectivity index (χ0) is 10.7. The molecule has 1 aliphatic heterocycles. The predicted octanol–water partition coefficient (Wildman–Crippen LogP) is 2.41. The Bertz CT molecular complexity index is 187. The Hall–Kier alpha value is -0.0800. The topological polar surface area (TPSA) is 23.5 Å². The van der Waals surface area contributed by atoms with E-state index in [1.54, 1.807) is 0 Å². The molecular weight excluding hydrogens is 186 g/mol. The largest absolute Gasteiger partial charge is 0.391 e. The fourth-order valence-corrected chi connectivity index (χ4v) is 3.21. The van der Waals surface area contributed by atoms with Gasteiger partial charge in [0.2, 0.25) is 0 Å². The molecule has 1 heterocycles. The Morgan fingerprint density at radius 3 is 2.33 bits per heavy atom. The zero-order valence-corrected chi connectivity index (χ0v) is 9.99. The number of aliphatic hydroxyl groups excluding tert-OH is 1. The molecule has 2 heteroatoms. The van der Waals surface area contributed by atoms with Gasteiger partial charge in [-0.15, -0.1) is 0 Å². The second-order valence-corrected chi connectivity index (χ2v) is 5.31. The van der Waals surface area contributed by atoms with Crippen LogP contribution in [-0.2, 0) is 0 Å². The first-order chi connectivity index (χ1) is 7.31. The maximum absolute atomic E-state index is 10.0. The SMILES string of the molecule is CCC1CCN(C2CCCCC2O)CC1. The third kappa shape index (κ3) is 2.73. The molecule has 88 valence electrons. The molecule has 0 aromatic rings. The van der Waals surface area contributed by atoms with Crippen LogP contribution in [0.25, 0.3) is 0 Å². The summed E-state index contributed by atoms with van der Waals surface area (Å²) in [6, 6.07) is 0.483. The predicted molar refractivity (Wildman–Crippen MR) is 62.9 cm³/mol. The minimum atomic E-state index is -0.0445. The molecule has 2 unspecified atom stereocenters. The van der Waals surface area contributed by atoms with Crippen molar-refractivity contribution in [2.24, 2.45) is 5.92 Å². The van der Waals surface area contributed by atoms with Gasteiger partial charge >= 0.3 is 0 Å². The number of aliphatic hydroxyl groups is 1. The lowest BCUT2D eigenvalue weighted by atomic mass is 9.87. The normalized spacial score (nSPS) is 35.6. The molecule has 0 amide bonds. The van der Waals surface area contributed by atoms with E-state index in [2.05, 4.69) is 11.8 Å². The molecule has 0 aromatic carbocycles. The highest BCUT2D eigenvalue weighted by atomic mass is 16.3. The second kappa shape index (κ2) is 5.31. The number of rotatable bonds is 2. The van der Waals surface area contributed by atoms with Crippen LogP contribution in [0.4, 0.5) is 0 Å². The van der Waals surface area contributed by atoms with Gasteiger partial charge in [-0.1, -0.05) is 26.2 Å². The highest BCUT2D eigenvalue weighted by Crippen LogP contribution is 2.28. The summed E-state index contributed by atoms with van der Waals surface area (Å²) in [5, 5.41) is 10.0. The number of hydrogen-bond donors (Lipinski definition) is 1. The molecule has 0 bridgehead atoms. The van der Waals surface area contributed by atoms with Crippen molar-refractivity contribution < 1.29 is 5.11 Å². The first-order valence-corrected chi connectivity index (χ1v) is 6.73. The van der Waals surface area contributed by atoms with E-state index in [4.69, 9.17) is 0 Å². The molecule has 2 fully saturated rings. The van der Waals surface area contributed by atoms with Crippen LogP contribution in [0.2, 0.25) is 0 Å². The van der Waals surface area contributed by atoms with Crippen molar-refractivity contribution in [3.05, 3.63) is 0 Å². The van der Waals surface area contributed by atoms with E-state index in [1.807, 2.05) is 0 Å². The minimum absolute atomic E-state index is 0.0445. The Labute approximate surface area is 93.7 Å². The van der Waals surface area contributed by atoms with Crippen molar-refractivity contribution in [3.63, 3.8) is 0 Å². The minimum Gasteiger partial charge on any atom is -0.391 e. The van der Waals surface area contributed by atoms with Crippen LogP contribution in [-0.4, -0.2) is 35.2 Å². The average Bonchev–Trinajstić information content (AvgIpc) is 2.30. The molecule has 1 saturated carbocycles. The van der Waals surface area contributed by atoms with Crippen LogP contribution in [0.15, 0.2) is 0 Å². The average molecular weight is 211 g/mol. The molecule has 0 spiro atoms. The van der Waals surface area contributed by atoms with Gasteiger partial charge < -0.3 is 5.11 Å². The van der Waals surface area contributed by atoms with E-state index in [0.717, 1.165) is 12.3 Å². The molecule has 2 aliphatic rings. The Morgan fingerprint density at radius 2 is 1.73 bits per heavy atom. The van der Waals surface area contributed by atoms with Gasteiger partial charge in [-0.05, 0) is 44.7 Å². The number of likely N-dealkylation sites (tertiary alicyclic amines) is 1.